The molecule has 1 nitrogen and oxygen atoms in total. The van der Waals surface area contributed by atoms with Gasteiger partial charge in [-0.25, -0.2) is 0 Å². The summed E-state index contributed by atoms with van der Waals surface area (Å²) in [4.78, 5) is 3.92. The average Bonchev–Trinajstić information content (AvgIpc) is 2.13. The standard InChI is InChI=1S/C8H13N/c1-9-8-6-4-2-3-5-7-8/h6H,1-5,7H2. The van der Waals surface area contributed by atoms with Gasteiger partial charge in [0, 0.05) is 5.70 Å². The van der Waals surface area contributed by atoms with E-state index in [9.17, 15) is 0 Å². The van der Waals surface area contributed by atoms with E-state index in [4.69, 9.17) is 0 Å². The van der Waals surface area contributed by atoms with Gasteiger partial charge in [-0.05, 0) is 32.4 Å². The number of rotatable bonds is 1. The van der Waals surface area contributed by atoms with Crippen LogP contribution in [-0.2, 0) is 0 Å². The van der Waals surface area contributed by atoms with Gasteiger partial charge >= 0.3 is 0 Å². The Hall–Kier alpha value is -0.590. The molecule has 0 radical (unpaired) electrons. The van der Waals surface area contributed by atoms with Crippen LogP contribution in [-0.4, -0.2) is 6.72 Å². The van der Waals surface area contributed by atoms with Gasteiger partial charge in [-0.3, -0.25) is 4.99 Å². The van der Waals surface area contributed by atoms with Crippen molar-refractivity contribution in [1.29, 1.82) is 0 Å². The summed E-state index contributed by atoms with van der Waals surface area (Å²) in [7, 11) is 0. The first-order valence-corrected chi connectivity index (χ1v) is 3.59. The van der Waals surface area contributed by atoms with Crippen LogP contribution >= 0.6 is 0 Å². The molecule has 0 aliphatic heterocycles. The van der Waals surface area contributed by atoms with Gasteiger partial charge in [-0.15, -0.1) is 0 Å². The van der Waals surface area contributed by atoms with Crippen LogP contribution in [0.15, 0.2) is 16.8 Å². The summed E-state index contributed by atoms with van der Waals surface area (Å²) in [6.07, 6.45) is 8.54. The van der Waals surface area contributed by atoms with E-state index in [1.807, 2.05) is 0 Å². The summed E-state index contributed by atoms with van der Waals surface area (Å²) in [5.74, 6) is 0. The number of hydrogen-bond donors (Lipinski definition) is 0. The lowest BCUT2D eigenvalue weighted by Crippen LogP contribution is -1.74. The van der Waals surface area contributed by atoms with Gasteiger partial charge in [0.15, 0.2) is 0 Å². The summed E-state index contributed by atoms with van der Waals surface area (Å²) >= 11 is 0. The van der Waals surface area contributed by atoms with E-state index < -0.39 is 0 Å². The molecule has 0 fully saturated rings. The third-order valence-electron chi connectivity index (χ3n) is 1.72. The van der Waals surface area contributed by atoms with Crippen LogP contribution in [0, 0.1) is 0 Å². The molecule has 0 amide bonds. The molecule has 0 saturated heterocycles. The molecule has 0 spiro atoms. The van der Waals surface area contributed by atoms with Crippen molar-refractivity contribution in [3.8, 4) is 0 Å². The molecule has 0 aromatic heterocycles. The van der Waals surface area contributed by atoms with Gasteiger partial charge < -0.3 is 0 Å². The molecule has 0 heterocycles. The average molecular weight is 123 g/mol. The van der Waals surface area contributed by atoms with E-state index in [0.29, 0.717) is 0 Å². The minimum absolute atomic E-state index is 1.14. The zero-order valence-electron chi connectivity index (χ0n) is 5.77. The minimum atomic E-state index is 1.14. The maximum atomic E-state index is 3.92. The first-order chi connectivity index (χ1) is 4.43. The number of nitrogens with zero attached hydrogens (tertiary/aromatic N) is 1. The lowest BCUT2D eigenvalue weighted by atomic mass is 10.2. The molecule has 1 aliphatic carbocycles. The molecule has 1 rings (SSSR count). The summed E-state index contributed by atoms with van der Waals surface area (Å²) < 4.78 is 0. The van der Waals surface area contributed by atoms with Crippen molar-refractivity contribution in [3.05, 3.63) is 11.8 Å². The third kappa shape index (κ3) is 2.00. The molecule has 0 saturated carbocycles. The quantitative estimate of drug-likeness (QED) is 0.475. The summed E-state index contributed by atoms with van der Waals surface area (Å²) in [5.41, 5.74) is 1.20. The first-order valence-electron chi connectivity index (χ1n) is 3.59. The summed E-state index contributed by atoms with van der Waals surface area (Å²) in [6, 6.07) is 0. The third-order valence-corrected chi connectivity index (χ3v) is 1.72. The Labute approximate surface area is 56.5 Å². The monoisotopic (exact) mass is 123 g/mol. The second-order valence-corrected chi connectivity index (χ2v) is 2.45. The molecular formula is C8H13N. The molecule has 0 unspecified atom stereocenters. The van der Waals surface area contributed by atoms with E-state index >= 15 is 0 Å². The molecule has 0 bridgehead atoms. The van der Waals surface area contributed by atoms with Crippen molar-refractivity contribution in [2.75, 3.05) is 0 Å². The zero-order valence-corrected chi connectivity index (χ0v) is 5.77. The second-order valence-electron chi connectivity index (χ2n) is 2.45. The molecule has 9 heavy (non-hydrogen) atoms. The number of hydrogen-bond acceptors (Lipinski definition) is 1. The highest BCUT2D eigenvalue weighted by molar-refractivity contribution is 5.28. The Kier molecular flexibility index (Phi) is 2.49. The van der Waals surface area contributed by atoms with E-state index in [2.05, 4.69) is 17.8 Å². The second kappa shape index (κ2) is 3.44. The Bertz CT molecular complexity index is 125. The van der Waals surface area contributed by atoms with Crippen LogP contribution in [0.2, 0.25) is 0 Å². The normalized spacial score (nSPS) is 20.2. The van der Waals surface area contributed by atoms with Gasteiger partial charge in [0.1, 0.15) is 0 Å². The lowest BCUT2D eigenvalue weighted by Gasteiger charge is -1.92. The van der Waals surface area contributed by atoms with Crippen molar-refractivity contribution in [1.82, 2.24) is 0 Å². The molecule has 50 valence electrons. The largest absolute Gasteiger partial charge is 0.269 e. The van der Waals surface area contributed by atoms with E-state index in [0.717, 1.165) is 6.42 Å². The van der Waals surface area contributed by atoms with Gasteiger partial charge in [0.2, 0.25) is 0 Å². The van der Waals surface area contributed by atoms with Gasteiger partial charge in [0.25, 0.3) is 0 Å². The molecule has 1 heteroatoms. The molecule has 0 aromatic rings. The van der Waals surface area contributed by atoms with Gasteiger partial charge in [0.05, 0.1) is 0 Å². The predicted molar refractivity (Wildman–Crippen MR) is 40.7 cm³/mol. The molecule has 0 N–H and O–H groups in total. The fourth-order valence-electron chi connectivity index (χ4n) is 1.14. The highest BCUT2D eigenvalue weighted by Gasteiger charge is 1.98. The van der Waals surface area contributed by atoms with Crippen molar-refractivity contribution in [3.63, 3.8) is 0 Å². The topological polar surface area (TPSA) is 12.4 Å². The van der Waals surface area contributed by atoms with Crippen LogP contribution < -0.4 is 0 Å². The Morgan fingerprint density at radius 2 is 2.22 bits per heavy atom. The molecular weight excluding hydrogens is 110 g/mol. The van der Waals surface area contributed by atoms with E-state index in [1.165, 1.54) is 31.4 Å². The van der Waals surface area contributed by atoms with E-state index in [1.54, 1.807) is 0 Å². The fourth-order valence-corrected chi connectivity index (χ4v) is 1.14. The molecule has 0 aromatic carbocycles. The molecule has 1 aliphatic rings. The van der Waals surface area contributed by atoms with Crippen LogP contribution in [0.3, 0.4) is 0 Å². The minimum Gasteiger partial charge on any atom is -0.269 e. The first kappa shape index (κ1) is 6.53. The van der Waals surface area contributed by atoms with Gasteiger partial charge in [-0.2, -0.15) is 0 Å². The fraction of sp³-hybridized carbons (Fsp3) is 0.625. The molecule has 0 atom stereocenters. The van der Waals surface area contributed by atoms with Crippen molar-refractivity contribution >= 4 is 6.72 Å². The summed E-state index contributed by atoms with van der Waals surface area (Å²) in [5, 5.41) is 0. The van der Waals surface area contributed by atoms with Gasteiger partial charge in [-0.1, -0.05) is 12.5 Å². The Morgan fingerprint density at radius 3 is 3.00 bits per heavy atom. The van der Waals surface area contributed by atoms with Crippen LogP contribution in [0.5, 0.6) is 0 Å². The van der Waals surface area contributed by atoms with Crippen LogP contribution in [0.25, 0.3) is 0 Å². The maximum Gasteiger partial charge on any atom is 0.0356 e. The number of aliphatic imine (C=N–C) groups is 1. The van der Waals surface area contributed by atoms with Crippen molar-refractivity contribution in [2.24, 2.45) is 4.99 Å². The number of allylic oxidation sites excluding steroid dienone is 2. The smallest absolute Gasteiger partial charge is 0.0356 e. The Balaban J connectivity index is 2.46. The van der Waals surface area contributed by atoms with Crippen LogP contribution in [0.4, 0.5) is 0 Å². The van der Waals surface area contributed by atoms with E-state index in [-0.39, 0.29) is 0 Å². The zero-order chi connectivity index (χ0) is 6.53. The maximum absolute atomic E-state index is 3.92. The lowest BCUT2D eigenvalue weighted by molar-refractivity contribution is 0.710. The van der Waals surface area contributed by atoms with Crippen molar-refractivity contribution in [2.45, 2.75) is 32.1 Å². The predicted octanol–water partition coefficient (Wildman–Crippen LogP) is 2.54. The SMILES string of the molecule is C=NC1=CCCCCC1. The van der Waals surface area contributed by atoms with Crippen molar-refractivity contribution < 1.29 is 0 Å². The van der Waals surface area contributed by atoms with Crippen LogP contribution in [0.1, 0.15) is 32.1 Å². The highest BCUT2D eigenvalue weighted by Crippen LogP contribution is 2.16. The summed E-state index contributed by atoms with van der Waals surface area (Å²) in [6.45, 7) is 3.51. The highest BCUT2D eigenvalue weighted by atomic mass is 14.7. The Morgan fingerprint density at radius 1 is 1.33 bits per heavy atom.